The first-order valence-corrected chi connectivity index (χ1v) is 1.18. The lowest BCUT2D eigenvalue weighted by Crippen LogP contribution is -1.78. The van der Waals surface area contributed by atoms with Crippen LogP contribution in [0.2, 0.25) is 0 Å². The monoisotopic (exact) mass is 59.0 g/mol. The van der Waals surface area contributed by atoms with Crippen molar-refractivity contribution in [3.63, 3.8) is 0 Å². The van der Waals surface area contributed by atoms with Crippen LogP contribution in [0.1, 0.15) is 6.92 Å². The van der Waals surface area contributed by atoms with Crippen molar-refractivity contribution in [3.8, 4) is 0 Å². The summed E-state index contributed by atoms with van der Waals surface area (Å²) in [5, 5.41) is 0. The first kappa shape index (κ1) is 3.92. The van der Waals surface area contributed by atoms with Crippen LogP contribution in [0.3, 0.4) is 0 Å². The Morgan fingerprint density at radius 2 is 2.25 bits per heavy atom. The van der Waals surface area contributed by atoms with E-state index in [2.05, 4.69) is 4.84 Å². The fourth-order valence-corrected chi connectivity index (χ4v) is 0. The van der Waals surface area contributed by atoms with E-state index in [-0.39, 0.29) is 0 Å². The fourth-order valence-electron chi connectivity index (χ4n) is 0. The van der Waals surface area contributed by atoms with Crippen molar-refractivity contribution in [2.24, 2.45) is 0 Å². The highest BCUT2D eigenvalue weighted by Crippen LogP contribution is 1.49. The molecule has 0 spiro atoms. The van der Waals surface area contributed by atoms with E-state index in [9.17, 15) is 0 Å². The molecule has 2 radical (unpaired) electrons. The minimum Gasteiger partial charge on any atom is -0.264 e. The molecular weight excluding hydrogens is 54.0 g/mol. The van der Waals surface area contributed by atoms with E-state index in [1.54, 1.807) is 6.92 Å². The summed E-state index contributed by atoms with van der Waals surface area (Å²) in [4.78, 5) is 3.54. The van der Waals surface area contributed by atoms with Crippen LogP contribution in [0.25, 0.3) is 0 Å². The molecule has 0 heterocycles. The number of rotatable bonds is 1. The van der Waals surface area contributed by atoms with Gasteiger partial charge in [0.05, 0.1) is 6.61 Å². The molecule has 0 amide bonds. The van der Waals surface area contributed by atoms with Gasteiger partial charge >= 0.3 is 0 Å². The largest absolute Gasteiger partial charge is 0.264 e. The van der Waals surface area contributed by atoms with Crippen LogP contribution in [-0.4, -0.2) is 6.61 Å². The van der Waals surface area contributed by atoms with Gasteiger partial charge in [-0.25, -0.2) is 0 Å². The van der Waals surface area contributed by atoms with Crippen LogP contribution >= 0.6 is 0 Å². The van der Waals surface area contributed by atoms with Gasteiger partial charge in [-0.1, -0.05) is 0 Å². The Morgan fingerprint density at radius 3 is 2.25 bits per heavy atom. The highest BCUT2D eigenvalue weighted by molar-refractivity contribution is 3.91. The Balaban J connectivity index is 1.97. The standard InChI is InChI=1S/C2H5NO/c1-2-4-3/h2H2,1H3. The second-order valence-corrected chi connectivity index (χ2v) is 0.418. The molecule has 0 unspecified atom stereocenters. The molecule has 24 valence electrons. The van der Waals surface area contributed by atoms with Gasteiger partial charge in [0.25, 0.3) is 0 Å². The average Bonchev–Trinajstić information content (AvgIpc) is 1.37. The quantitative estimate of drug-likeness (QED) is 0.391. The second kappa shape index (κ2) is 2.92. The van der Waals surface area contributed by atoms with Crippen molar-refractivity contribution in [1.29, 1.82) is 0 Å². The van der Waals surface area contributed by atoms with Crippen molar-refractivity contribution in [1.82, 2.24) is 5.90 Å². The molecule has 0 bridgehead atoms. The smallest absolute Gasteiger partial charge is 0.0691 e. The first-order chi connectivity index (χ1) is 1.91. The zero-order valence-corrected chi connectivity index (χ0v) is 2.56. The normalized spacial score (nSPS) is 7.50. The van der Waals surface area contributed by atoms with Gasteiger partial charge in [-0.3, -0.25) is 4.84 Å². The van der Waals surface area contributed by atoms with Crippen LogP contribution in [0.5, 0.6) is 0 Å². The molecule has 0 atom stereocenters. The van der Waals surface area contributed by atoms with Crippen molar-refractivity contribution >= 4 is 0 Å². The van der Waals surface area contributed by atoms with Gasteiger partial charge in [-0.05, 0) is 6.92 Å². The first-order valence-electron chi connectivity index (χ1n) is 1.18. The van der Waals surface area contributed by atoms with Crippen molar-refractivity contribution in [2.45, 2.75) is 6.92 Å². The molecule has 2 nitrogen and oxygen atoms in total. The lowest BCUT2D eigenvalue weighted by Gasteiger charge is -1.70. The third-order valence-electron chi connectivity index (χ3n) is 0.129. The molecule has 0 aliphatic rings. The van der Waals surface area contributed by atoms with Gasteiger partial charge in [-0.15, -0.1) is 0 Å². The molecule has 0 aromatic carbocycles. The van der Waals surface area contributed by atoms with E-state index < -0.39 is 0 Å². The Bertz CT molecular complexity index is 8.00. The van der Waals surface area contributed by atoms with Crippen LogP contribution in [0.4, 0.5) is 0 Å². The average molecular weight is 59.1 g/mol. The van der Waals surface area contributed by atoms with Crippen molar-refractivity contribution < 1.29 is 4.84 Å². The van der Waals surface area contributed by atoms with Crippen molar-refractivity contribution in [2.75, 3.05) is 6.61 Å². The molecule has 0 rings (SSSR count). The third kappa shape index (κ3) is 1.92. The number of hydrogen-bond acceptors (Lipinski definition) is 1. The number of hydrogen-bond donors (Lipinski definition) is 0. The van der Waals surface area contributed by atoms with E-state index in [4.69, 9.17) is 5.90 Å². The lowest BCUT2D eigenvalue weighted by atomic mass is 10.9. The second-order valence-electron chi connectivity index (χ2n) is 0.418. The Kier molecular flexibility index (Phi) is 2.86. The highest BCUT2D eigenvalue weighted by Gasteiger charge is 1.56. The summed E-state index contributed by atoms with van der Waals surface area (Å²) in [5.74, 6) is 7.38. The molecule has 0 aliphatic carbocycles. The summed E-state index contributed by atoms with van der Waals surface area (Å²) < 4.78 is 0. The maximum absolute atomic E-state index is 7.38. The lowest BCUT2D eigenvalue weighted by molar-refractivity contribution is 0.132. The predicted octanol–water partition coefficient (Wildman–Crippen LogP) is 0.00660. The summed E-state index contributed by atoms with van der Waals surface area (Å²) >= 11 is 0. The van der Waals surface area contributed by atoms with Gasteiger partial charge < -0.3 is 0 Å². The Labute approximate surface area is 25.5 Å². The molecule has 0 aliphatic heterocycles. The van der Waals surface area contributed by atoms with E-state index in [0.717, 1.165) is 0 Å². The maximum Gasteiger partial charge on any atom is 0.0691 e. The minimum atomic E-state index is 0.375. The minimum absolute atomic E-state index is 0.375. The summed E-state index contributed by atoms with van der Waals surface area (Å²) in [6, 6.07) is 0. The summed E-state index contributed by atoms with van der Waals surface area (Å²) in [6.07, 6.45) is 0. The van der Waals surface area contributed by atoms with E-state index >= 15 is 0 Å². The highest BCUT2D eigenvalue weighted by atomic mass is 16.6. The molecule has 0 aromatic heterocycles. The number of nitrogens with zero attached hydrogens (tertiary/aromatic N) is 1. The van der Waals surface area contributed by atoms with Gasteiger partial charge in [0.15, 0.2) is 0 Å². The van der Waals surface area contributed by atoms with Crippen LogP contribution in [0, 0.1) is 0 Å². The molecule has 0 saturated carbocycles. The van der Waals surface area contributed by atoms with Crippen molar-refractivity contribution in [3.05, 3.63) is 0 Å². The third-order valence-corrected chi connectivity index (χ3v) is 0.129. The van der Waals surface area contributed by atoms with E-state index in [1.165, 1.54) is 0 Å². The van der Waals surface area contributed by atoms with Gasteiger partial charge in [0.2, 0.25) is 0 Å². The zero-order chi connectivity index (χ0) is 3.41. The summed E-state index contributed by atoms with van der Waals surface area (Å²) in [7, 11) is 0. The maximum atomic E-state index is 7.38. The Hall–Kier alpha value is -0.0800. The van der Waals surface area contributed by atoms with Gasteiger partial charge in [0, 0.05) is 5.90 Å². The van der Waals surface area contributed by atoms with Crippen LogP contribution < -0.4 is 5.90 Å². The van der Waals surface area contributed by atoms with Crippen LogP contribution in [-0.2, 0) is 4.84 Å². The fraction of sp³-hybridized carbons (Fsp3) is 1.00. The molecule has 0 N–H and O–H groups in total. The zero-order valence-electron chi connectivity index (χ0n) is 2.56. The van der Waals surface area contributed by atoms with Gasteiger partial charge in [0.1, 0.15) is 0 Å². The molecule has 0 saturated heterocycles. The molecule has 0 fully saturated rings. The summed E-state index contributed by atoms with van der Waals surface area (Å²) in [5.41, 5.74) is 0. The topological polar surface area (TPSA) is 31.5 Å². The molecule has 4 heavy (non-hydrogen) atoms. The molecule has 2 heteroatoms. The van der Waals surface area contributed by atoms with E-state index in [1.807, 2.05) is 0 Å². The predicted molar refractivity (Wildman–Crippen MR) is 13.8 cm³/mol. The Morgan fingerprint density at radius 1 is 2.00 bits per heavy atom. The van der Waals surface area contributed by atoms with Gasteiger partial charge in [-0.2, -0.15) is 0 Å². The molecular formula is C2H5NO. The summed E-state index contributed by atoms with van der Waals surface area (Å²) in [6.45, 7) is 2.08. The SMILES string of the molecule is CCO[N]. The van der Waals surface area contributed by atoms with Crippen LogP contribution in [0.15, 0.2) is 0 Å². The van der Waals surface area contributed by atoms with E-state index in [0.29, 0.717) is 6.61 Å². The molecule has 0 aromatic rings.